The van der Waals surface area contributed by atoms with Crippen LogP contribution in [0.5, 0.6) is 5.75 Å². The number of sulfonamides is 1. The van der Waals surface area contributed by atoms with Crippen LogP contribution < -0.4 is 4.74 Å². The molecule has 0 aromatic heterocycles. The molecule has 3 aromatic carbocycles. The van der Waals surface area contributed by atoms with Gasteiger partial charge in [0.1, 0.15) is 5.75 Å². The van der Waals surface area contributed by atoms with Crippen LogP contribution in [-0.2, 0) is 37.4 Å². The average Bonchev–Trinajstić information content (AvgIpc) is 2.97. The normalized spacial score (nSPS) is 14.5. The third-order valence-corrected chi connectivity index (χ3v) is 8.60. The van der Waals surface area contributed by atoms with Crippen molar-refractivity contribution in [1.82, 2.24) is 9.21 Å². The molecule has 0 aliphatic carbocycles. The minimum Gasteiger partial charge on any atom is -0.494 e. The predicted octanol–water partition coefficient (Wildman–Crippen LogP) is 4.26. The van der Waals surface area contributed by atoms with Gasteiger partial charge in [0.05, 0.1) is 17.4 Å². The number of nitrogens with zero attached hydrogens (tertiary/aromatic N) is 2. The number of rotatable bonds is 11. The number of carbonyl (C=O) groups excluding carboxylic acids is 2. The Bertz CT molecular complexity index is 1280. The van der Waals surface area contributed by atoms with E-state index in [9.17, 15) is 18.0 Å². The molecular weight excluding hydrogens is 516 g/mol. The molecule has 8 nitrogen and oxygen atoms in total. The van der Waals surface area contributed by atoms with Crippen LogP contribution >= 0.6 is 0 Å². The second-order valence-electron chi connectivity index (χ2n) is 9.41. The van der Waals surface area contributed by atoms with Gasteiger partial charge in [0.25, 0.3) is 5.91 Å². The maximum Gasteiger partial charge on any atom is 0.309 e. The van der Waals surface area contributed by atoms with Gasteiger partial charge in [-0.2, -0.15) is 4.31 Å². The van der Waals surface area contributed by atoms with Crippen molar-refractivity contribution in [1.29, 1.82) is 0 Å². The van der Waals surface area contributed by atoms with Gasteiger partial charge in [0.2, 0.25) is 10.0 Å². The van der Waals surface area contributed by atoms with E-state index in [1.54, 1.807) is 17.0 Å². The van der Waals surface area contributed by atoms with Crippen molar-refractivity contribution in [3.8, 4) is 5.75 Å². The first kappa shape index (κ1) is 28.3. The maximum atomic E-state index is 13.1. The molecule has 0 radical (unpaired) electrons. The summed E-state index contributed by atoms with van der Waals surface area (Å²) in [6.07, 6.45) is 0.669. The zero-order chi connectivity index (χ0) is 27.7. The molecule has 1 heterocycles. The molecule has 1 amide bonds. The number of hydrogen-bond acceptors (Lipinski definition) is 6. The van der Waals surface area contributed by atoms with Crippen LogP contribution in [-0.4, -0.2) is 55.8 Å². The van der Waals surface area contributed by atoms with Gasteiger partial charge in [0, 0.05) is 26.2 Å². The predicted molar refractivity (Wildman–Crippen MR) is 147 cm³/mol. The Hall–Kier alpha value is -3.69. The van der Waals surface area contributed by atoms with Gasteiger partial charge in [0.15, 0.2) is 6.61 Å². The number of carbonyl (C=O) groups is 2. The number of ether oxygens (including phenoxy) is 2. The quantitative estimate of drug-likeness (QED) is 0.331. The summed E-state index contributed by atoms with van der Waals surface area (Å²) in [5.41, 5.74) is 1.96. The number of benzene rings is 3. The second-order valence-corrected chi connectivity index (χ2v) is 11.3. The first-order valence-electron chi connectivity index (χ1n) is 13.1. The van der Waals surface area contributed by atoms with Crippen molar-refractivity contribution in [2.24, 2.45) is 5.92 Å². The highest BCUT2D eigenvalue weighted by atomic mass is 32.2. The van der Waals surface area contributed by atoms with Crippen LogP contribution in [0.1, 0.15) is 30.9 Å². The summed E-state index contributed by atoms with van der Waals surface area (Å²) in [6, 6.07) is 25.7. The van der Waals surface area contributed by atoms with E-state index in [2.05, 4.69) is 0 Å². The molecule has 0 unspecified atom stereocenters. The molecule has 0 N–H and O–H groups in total. The van der Waals surface area contributed by atoms with Crippen LogP contribution in [0, 0.1) is 5.92 Å². The van der Waals surface area contributed by atoms with Gasteiger partial charge in [-0.3, -0.25) is 9.59 Å². The van der Waals surface area contributed by atoms with Crippen molar-refractivity contribution in [2.75, 3.05) is 26.3 Å². The third-order valence-electron chi connectivity index (χ3n) is 6.68. The van der Waals surface area contributed by atoms with Crippen molar-refractivity contribution >= 4 is 21.9 Å². The minimum atomic E-state index is -3.67. The summed E-state index contributed by atoms with van der Waals surface area (Å²) in [7, 11) is -3.67. The summed E-state index contributed by atoms with van der Waals surface area (Å²) < 4.78 is 38.3. The fourth-order valence-electron chi connectivity index (χ4n) is 4.54. The Kier molecular flexibility index (Phi) is 9.73. The largest absolute Gasteiger partial charge is 0.494 e. The van der Waals surface area contributed by atoms with Gasteiger partial charge in [-0.05, 0) is 55.2 Å². The molecule has 1 saturated heterocycles. The molecule has 0 atom stereocenters. The Morgan fingerprint density at radius 2 is 1.38 bits per heavy atom. The first-order valence-corrected chi connectivity index (χ1v) is 14.6. The first-order chi connectivity index (χ1) is 18.9. The molecule has 9 heteroatoms. The lowest BCUT2D eigenvalue weighted by Crippen LogP contribution is -2.41. The zero-order valence-corrected chi connectivity index (χ0v) is 22.9. The van der Waals surface area contributed by atoms with Gasteiger partial charge in [-0.15, -0.1) is 0 Å². The Balaban J connectivity index is 1.31. The van der Waals surface area contributed by atoms with E-state index in [-0.39, 0.29) is 30.5 Å². The summed E-state index contributed by atoms with van der Waals surface area (Å²) in [5.74, 6) is -0.604. The smallest absolute Gasteiger partial charge is 0.309 e. The van der Waals surface area contributed by atoms with Gasteiger partial charge in [-0.1, -0.05) is 60.7 Å². The molecule has 39 heavy (non-hydrogen) atoms. The van der Waals surface area contributed by atoms with Crippen molar-refractivity contribution in [2.45, 2.75) is 37.8 Å². The lowest BCUT2D eigenvalue weighted by atomic mass is 9.98. The topological polar surface area (TPSA) is 93.2 Å². The van der Waals surface area contributed by atoms with Crippen LogP contribution in [0.15, 0.2) is 89.8 Å². The van der Waals surface area contributed by atoms with Gasteiger partial charge >= 0.3 is 5.97 Å². The van der Waals surface area contributed by atoms with E-state index in [1.807, 2.05) is 67.6 Å². The summed E-state index contributed by atoms with van der Waals surface area (Å²) in [6.45, 7) is 3.21. The molecule has 4 rings (SSSR count). The molecule has 1 fully saturated rings. The lowest BCUT2D eigenvalue weighted by molar-refractivity contribution is -0.157. The number of piperidine rings is 1. The van der Waals surface area contributed by atoms with Gasteiger partial charge in [-0.25, -0.2) is 8.42 Å². The van der Waals surface area contributed by atoms with Gasteiger partial charge < -0.3 is 14.4 Å². The summed E-state index contributed by atoms with van der Waals surface area (Å²) >= 11 is 0. The van der Waals surface area contributed by atoms with Crippen molar-refractivity contribution in [3.63, 3.8) is 0 Å². The monoisotopic (exact) mass is 550 g/mol. The fraction of sp³-hybridized carbons (Fsp3) is 0.333. The number of amides is 1. The van der Waals surface area contributed by atoms with Crippen molar-refractivity contribution in [3.05, 3.63) is 96.1 Å². The third kappa shape index (κ3) is 7.68. The minimum absolute atomic E-state index is 0.189. The van der Waals surface area contributed by atoms with Crippen LogP contribution in [0.25, 0.3) is 0 Å². The van der Waals surface area contributed by atoms with E-state index in [0.29, 0.717) is 38.3 Å². The number of esters is 1. The molecule has 206 valence electrons. The molecular formula is C30H34N2O6S. The Morgan fingerprint density at radius 1 is 0.846 bits per heavy atom. The lowest BCUT2D eigenvalue weighted by Gasteiger charge is -2.30. The standard InChI is InChI=1S/C30H34N2O6S/c1-2-37-27-13-15-28(16-14-27)39(35,36)32-19-17-26(18-20-32)30(34)38-23-29(33)31(21-24-9-5-3-6-10-24)22-25-11-7-4-8-12-25/h3-16,26H,2,17-23H2,1H3. The highest BCUT2D eigenvalue weighted by Gasteiger charge is 2.33. The Morgan fingerprint density at radius 3 is 1.90 bits per heavy atom. The van der Waals surface area contributed by atoms with Crippen LogP contribution in [0.3, 0.4) is 0 Å². The molecule has 0 saturated carbocycles. The summed E-state index contributed by atoms with van der Waals surface area (Å²) in [5, 5.41) is 0. The van der Waals surface area contributed by atoms with Crippen LogP contribution in [0.2, 0.25) is 0 Å². The molecule has 0 spiro atoms. The highest BCUT2D eigenvalue weighted by Crippen LogP contribution is 2.26. The molecule has 1 aliphatic rings. The second kappa shape index (κ2) is 13.4. The number of hydrogen-bond donors (Lipinski definition) is 0. The highest BCUT2D eigenvalue weighted by molar-refractivity contribution is 7.89. The SMILES string of the molecule is CCOc1ccc(S(=O)(=O)N2CCC(C(=O)OCC(=O)N(Cc3ccccc3)Cc3ccccc3)CC2)cc1. The van der Waals surface area contributed by atoms with E-state index in [4.69, 9.17) is 9.47 Å². The van der Waals surface area contributed by atoms with Crippen LogP contribution in [0.4, 0.5) is 0 Å². The molecule has 1 aliphatic heterocycles. The zero-order valence-electron chi connectivity index (χ0n) is 22.1. The average molecular weight is 551 g/mol. The molecule has 0 bridgehead atoms. The van der Waals surface area contributed by atoms with E-state index < -0.39 is 21.9 Å². The van der Waals surface area contributed by atoms with E-state index >= 15 is 0 Å². The maximum absolute atomic E-state index is 13.1. The molecule has 3 aromatic rings. The fourth-order valence-corrected chi connectivity index (χ4v) is 6.01. The Labute approximate surface area is 230 Å². The van der Waals surface area contributed by atoms with E-state index in [1.165, 1.54) is 16.4 Å². The van der Waals surface area contributed by atoms with E-state index in [0.717, 1.165) is 11.1 Å². The van der Waals surface area contributed by atoms with Crippen molar-refractivity contribution < 1.29 is 27.5 Å². The summed E-state index contributed by atoms with van der Waals surface area (Å²) in [4.78, 5) is 27.7.